The number of fused-ring (bicyclic) bond motifs is 1. The molecule has 0 aliphatic carbocycles. The predicted molar refractivity (Wildman–Crippen MR) is 131 cm³/mol. The van der Waals surface area contributed by atoms with Crippen LogP contribution in [0.25, 0.3) is 11.1 Å². The molecule has 2 saturated heterocycles. The molecule has 1 aromatic heterocycles. The number of ether oxygens (including phenoxy) is 1. The van der Waals surface area contributed by atoms with Gasteiger partial charge in [0.1, 0.15) is 5.75 Å². The van der Waals surface area contributed by atoms with E-state index in [0.29, 0.717) is 31.1 Å². The Balaban J connectivity index is 1.14. The van der Waals surface area contributed by atoms with Gasteiger partial charge in [0, 0.05) is 74.4 Å². The molecule has 6 rings (SSSR count). The van der Waals surface area contributed by atoms with E-state index in [1.165, 1.54) is 16.9 Å². The first-order chi connectivity index (χ1) is 16.7. The summed E-state index contributed by atoms with van der Waals surface area (Å²) in [6.07, 6.45) is 3.12. The number of hydrogen-bond donors (Lipinski definition) is 0. The highest BCUT2D eigenvalue weighted by atomic mass is 32.1. The standard InChI is InChI=1S/C26H26N4O3S/c31-23-16-21(28-9-11-29(12-10-28)26(32)25-27-8-14-34-25)17-30(23)20-5-1-4-19(15-20)22-6-2-3-18-7-13-33-24(18)22/h1-6,8,14-15,21H,7,9-13,16-17H2. The smallest absolute Gasteiger partial charge is 0.282 e. The van der Waals surface area contributed by atoms with Crippen molar-refractivity contribution in [3.8, 4) is 16.9 Å². The van der Waals surface area contributed by atoms with Crippen molar-refractivity contribution in [3.63, 3.8) is 0 Å². The summed E-state index contributed by atoms with van der Waals surface area (Å²) in [5, 5.41) is 2.38. The number of carbonyl (C=O) groups is 2. The Morgan fingerprint density at radius 2 is 1.94 bits per heavy atom. The fourth-order valence-electron chi connectivity index (χ4n) is 5.22. The molecular weight excluding hydrogens is 448 g/mol. The van der Waals surface area contributed by atoms with Crippen LogP contribution < -0.4 is 9.64 Å². The minimum atomic E-state index is 0.00645. The lowest BCUT2D eigenvalue weighted by molar-refractivity contribution is -0.117. The molecule has 174 valence electrons. The first-order valence-electron chi connectivity index (χ1n) is 11.8. The molecule has 2 amide bonds. The van der Waals surface area contributed by atoms with Crippen LogP contribution in [-0.4, -0.2) is 72.0 Å². The Labute approximate surface area is 202 Å². The second-order valence-corrected chi connectivity index (χ2v) is 9.86. The summed E-state index contributed by atoms with van der Waals surface area (Å²) in [7, 11) is 0. The van der Waals surface area contributed by atoms with Crippen LogP contribution in [0.1, 0.15) is 21.8 Å². The molecule has 0 N–H and O–H groups in total. The van der Waals surface area contributed by atoms with Gasteiger partial charge in [0.15, 0.2) is 5.01 Å². The number of benzene rings is 2. The van der Waals surface area contributed by atoms with Crippen molar-refractivity contribution in [1.29, 1.82) is 0 Å². The van der Waals surface area contributed by atoms with Crippen molar-refractivity contribution in [2.75, 3.05) is 44.2 Å². The van der Waals surface area contributed by atoms with E-state index < -0.39 is 0 Å². The van der Waals surface area contributed by atoms with Crippen LogP contribution in [0.2, 0.25) is 0 Å². The average Bonchev–Trinajstić information content (AvgIpc) is 3.64. The predicted octanol–water partition coefficient (Wildman–Crippen LogP) is 3.31. The van der Waals surface area contributed by atoms with Crippen LogP contribution in [0.3, 0.4) is 0 Å². The number of piperazine rings is 1. The van der Waals surface area contributed by atoms with Crippen molar-refractivity contribution >= 4 is 28.8 Å². The molecule has 2 aromatic carbocycles. The van der Waals surface area contributed by atoms with Crippen molar-refractivity contribution in [2.24, 2.45) is 0 Å². The zero-order valence-electron chi connectivity index (χ0n) is 18.9. The highest BCUT2D eigenvalue weighted by Crippen LogP contribution is 2.38. The van der Waals surface area contributed by atoms with Crippen molar-refractivity contribution in [2.45, 2.75) is 18.9 Å². The summed E-state index contributed by atoms with van der Waals surface area (Å²) in [6.45, 7) is 4.27. The minimum absolute atomic E-state index is 0.00645. The Bertz CT molecular complexity index is 1220. The third-order valence-corrected chi connectivity index (χ3v) is 7.78. The Morgan fingerprint density at radius 1 is 1.09 bits per heavy atom. The van der Waals surface area contributed by atoms with Crippen LogP contribution in [0.4, 0.5) is 5.69 Å². The van der Waals surface area contributed by atoms with Crippen LogP contribution >= 0.6 is 11.3 Å². The van der Waals surface area contributed by atoms with Gasteiger partial charge < -0.3 is 14.5 Å². The second-order valence-electron chi connectivity index (χ2n) is 8.97. The maximum atomic E-state index is 13.0. The number of thiazole rings is 1. The average molecular weight is 475 g/mol. The van der Waals surface area contributed by atoms with E-state index in [9.17, 15) is 9.59 Å². The molecule has 0 saturated carbocycles. The van der Waals surface area contributed by atoms with E-state index >= 15 is 0 Å². The first-order valence-corrected chi connectivity index (χ1v) is 12.6. The van der Waals surface area contributed by atoms with Crippen molar-refractivity contribution in [3.05, 3.63) is 64.6 Å². The summed E-state index contributed by atoms with van der Waals surface area (Å²) < 4.78 is 5.90. The van der Waals surface area contributed by atoms with Gasteiger partial charge in [0.2, 0.25) is 5.91 Å². The number of rotatable bonds is 4. The highest BCUT2D eigenvalue weighted by molar-refractivity contribution is 7.11. The van der Waals surface area contributed by atoms with Gasteiger partial charge in [-0.2, -0.15) is 0 Å². The largest absolute Gasteiger partial charge is 0.492 e. The van der Waals surface area contributed by atoms with Gasteiger partial charge in [-0.3, -0.25) is 14.5 Å². The van der Waals surface area contributed by atoms with Crippen molar-refractivity contribution in [1.82, 2.24) is 14.8 Å². The van der Waals surface area contributed by atoms with Gasteiger partial charge in [-0.25, -0.2) is 4.98 Å². The molecule has 3 aliphatic heterocycles. The van der Waals surface area contributed by atoms with Crippen LogP contribution in [0, 0.1) is 0 Å². The van der Waals surface area contributed by atoms with E-state index in [-0.39, 0.29) is 17.9 Å². The number of aromatic nitrogens is 1. The second kappa shape index (κ2) is 8.85. The van der Waals surface area contributed by atoms with Gasteiger partial charge in [-0.15, -0.1) is 11.3 Å². The first kappa shape index (κ1) is 21.3. The van der Waals surface area contributed by atoms with Gasteiger partial charge in [0.25, 0.3) is 5.91 Å². The summed E-state index contributed by atoms with van der Waals surface area (Å²) in [6, 6.07) is 14.7. The quantitative estimate of drug-likeness (QED) is 0.581. The topological polar surface area (TPSA) is 66.0 Å². The molecule has 2 fully saturated rings. The normalized spacial score (nSPS) is 20.5. The molecule has 8 heteroatoms. The molecule has 1 atom stereocenters. The highest BCUT2D eigenvalue weighted by Gasteiger charge is 2.36. The zero-order chi connectivity index (χ0) is 23.1. The van der Waals surface area contributed by atoms with Gasteiger partial charge in [-0.1, -0.05) is 30.3 Å². The molecule has 4 heterocycles. The lowest BCUT2D eigenvalue weighted by Crippen LogP contribution is -2.52. The monoisotopic (exact) mass is 474 g/mol. The van der Waals surface area contributed by atoms with Gasteiger partial charge >= 0.3 is 0 Å². The van der Waals surface area contributed by atoms with Gasteiger partial charge in [0.05, 0.1) is 6.61 Å². The van der Waals surface area contributed by atoms with E-state index in [2.05, 4.69) is 40.2 Å². The lowest BCUT2D eigenvalue weighted by Gasteiger charge is -2.37. The molecule has 0 bridgehead atoms. The number of hydrogen-bond acceptors (Lipinski definition) is 6. The zero-order valence-corrected chi connectivity index (χ0v) is 19.7. The number of para-hydroxylation sites is 1. The van der Waals surface area contributed by atoms with Crippen LogP contribution in [0.15, 0.2) is 54.0 Å². The van der Waals surface area contributed by atoms with E-state index in [4.69, 9.17) is 4.74 Å². The fourth-order valence-corrected chi connectivity index (χ4v) is 5.82. The van der Waals surface area contributed by atoms with E-state index in [0.717, 1.165) is 48.7 Å². The molecule has 1 unspecified atom stereocenters. The molecule has 34 heavy (non-hydrogen) atoms. The molecule has 3 aromatic rings. The number of amides is 2. The number of nitrogens with zero attached hydrogens (tertiary/aromatic N) is 4. The fraction of sp³-hybridized carbons (Fsp3) is 0.346. The van der Waals surface area contributed by atoms with Crippen molar-refractivity contribution < 1.29 is 14.3 Å². The maximum absolute atomic E-state index is 13.0. The van der Waals surface area contributed by atoms with Crippen LogP contribution in [0.5, 0.6) is 5.75 Å². The summed E-state index contributed by atoms with van der Waals surface area (Å²) in [5.74, 6) is 1.13. The van der Waals surface area contributed by atoms with Crippen LogP contribution in [-0.2, 0) is 11.2 Å². The molecule has 3 aliphatic rings. The Morgan fingerprint density at radius 3 is 2.76 bits per heavy atom. The summed E-state index contributed by atoms with van der Waals surface area (Å²) in [5.41, 5.74) is 4.33. The van der Waals surface area contributed by atoms with E-state index in [1.807, 2.05) is 27.3 Å². The molecule has 0 spiro atoms. The van der Waals surface area contributed by atoms with Gasteiger partial charge in [-0.05, 0) is 23.3 Å². The molecule has 7 nitrogen and oxygen atoms in total. The lowest BCUT2D eigenvalue weighted by atomic mass is 10.0. The molecule has 0 radical (unpaired) electrons. The SMILES string of the molecule is O=C(c1nccs1)N1CCN(C2CC(=O)N(c3cccc(-c4cccc5c4OCC5)c3)C2)CC1. The Hall–Kier alpha value is -3.23. The minimum Gasteiger partial charge on any atom is -0.492 e. The third kappa shape index (κ3) is 3.86. The summed E-state index contributed by atoms with van der Waals surface area (Å²) >= 11 is 1.38. The number of carbonyl (C=O) groups excluding carboxylic acids is 2. The number of anilines is 1. The molecular formula is C26H26N4O3S. The maximum Gasteiger partial charge on any atom is 0.282 e. The third-order valence-electron chi connectivity index (χ3n) is 7.02. The summed E-state index contributed by atoms with van der Waals surface area (Å²) in [4.78, 5) is 35.8. The van der Waals surface area contributed by atoms with E-state index in [1.54, 1.807) is 6.20 Å². The Kier molecular flexibility index (Phi) is 5.55.